The molecule has 15 heavy (non-hydrogen) atoms. The third-order valence-corrected chi connectivity index (χ3v) is 2.03. The molecule has 0 amide bonds. The lowest BCUT2D eigenvalue weighted by Gasteiger charge is -2.10. The summed E-state index contributed by atoms with van der Waals surface area (Å²) in [6.45, 7) is 1.21. The van der Waals surface area contributed by atoms with Crippen LogP contribution in [0.5, 0.6) is 11.5 Å². The van der Waals surface area contributed by atoms with Crippen LogP contribution in [0.4, 0.5) is 0 Å². The summed E-state index contributed by atoms with van der Waals surface area (Å²) in [5.41, 5.74) is 1.03. The van der Waals surface area contributed by atoms with Gasteiger partial charge in [-0.15, -0.1) is 6.42 Å². The Bertz CT molecular complexity index is 355. The molecular weight excluding hydrogens is 190 g/mol. The molecular formula is C12H15NO2. The van der Waals surface area contributed by atoms with Crippen LogP contribution >= 0.6 is 0 Å². The lowest BCUT2D eigenvalue weighted by molar-refractivity contribution is 0.397. The second kappa shape index (κ2) is 5.94. The van der Waals surface area contributed by atoms with Gasteiger partial charge >= 0.3 is 0 Å². The largest absolute Gasteiger partial charge is 0.497 e. The van der Waals surface area contributed by atoms with Crippen molar-refractivity contribution in [3.63, 3.8) is 0 Å². The van der Waals surface area contributed by atoms with E-state index in [0.717, 1.165) is 17.1 Å². The van der Waals surface area contributed by atoms with Gasteiger partial charge in [-0.05, 0) is 18.2 Å². The summed E-state index contributed by atoms with van der Waals surface area (Å²) in [5, 5.41) is 3.11. The number of hydrogen-bond donors (Lipinski definition) is 1. The maximum atomic E-state index is 5.23. The molecule has 0 fully saturated rings. The van der Waals surface area contributed by atoms with Crippen LogP contribution in [0, 0.1) is 12.3 Å². The number of ether oxygens (including phenoxy) is 2. The number of nitrogens with one attached hydrogen (secondary N) is 1. The van der Waals surface area contributed by atoms with E-state index in [2.05, 4.69) is 11.2 Å². The number of hydrogen-bond acceptors (Lipinski definition) is 3. The Labute approximate surface area is 90.4 Å². The maximum Gasteiger partial charge on any atom is 0.123 e. The van der Waals surface area contributed by atoms with E-state index in [9.17, 15) is 0 Å². The van der Waals surface area contributed by atoms with Crippen molar-refractivity contribution >= 4 is 0 Å². The minimum Gasteiger partial charge on any atom is -0.497 e. The minimum atomic E-state index is 0.542. The Morgan fingerprint density at radius 2 is 2.13 bits per heavy atom. The van der Waals surface area contributed by atoms with E-state index in [1.165, 1.54) is 0 Å². The lowest BCUT2D eigenvalue weighted by Crippen LogP contribution is -2.13. The smallest absolute Gasteiger partial charge is 0.123 e. The first-order valence-corrected chi connectivity index (χ1v) is 4.67. The summed E-state index contributed by atoms with van der Waals surface area (Å²) < 4.78 is 10.4. The van der Waals surface area contributed by atoms with Crippen LogP contribution in [0.15, 0.2) is 18.2 Å². The van der Waals surface area contributed by atoms with Crippen LogP contribution in [0.3, 0.4) is 0 Å². The van der Waals surface area contributed by atoms with E-state index in [0.29, 0.717) is 13.1 Å². The highest BCUT2D eigenvalue weighted by molar-refractivity contribution is 5.40. The van der Waals surface area contributed by atoms with E-state index in [1.807, 2.05) is 18.2 Å². The SMILES string of the molecule is C#CCNCc1cc(OC)ccc1OC. The molecule has 0 heterocycles. The molecule has 1 aromatic rings. The van der Waals surface area contributed by atoms with Crippen molar-refractivity contribution in [2.75, 3.05) is 20.8 Å². The Balaban J connectivity index is 2.77. The van der Waals surface area contributed by atoms with E-state index in [-0.39, 0.29) is 0 Å². The summed E-state index contributed by atoms with van der Waals surface area (Å²) in [4.78, 5) is 0. The summed E-state index contributed by atoms with van der Waals surface area (Å²) >= 11 is 0. The molecule has 0 saturated heterocycles. The van der Waals surface area contributed by atoms with Crippen LogP contribution in [0.1, 0.15) is 5.56 Å². The molecule has 0 radical (unpaired) electrons. The van der Waals surface area contributed by atoms with E-state index < -0.39 is 0 Å². The Morgan fingerprint density at radius 1 is 1.33 bits per heavy atom. The number of methoxy groups -OCH3 is 2. The van der Waals surface area contributed by atoms with Crippen LogP contribution < -0.4 is 14.8 Å². The van der Waals surface area contributed by atoms with Gasteiger partial charge in [-0.2, -0.15) is 0 Å². The van der Waals surface area contributed by atoms with Crippen LogP contribution in [-0.2, 0) is 6.54 Å². The average molecular weight is 205 g/mol. The van der Waals surface area contributed by atoms with Crippen molar-refractivity contribution in [2.24, 2.45) is 0 Å². The monoisotopic (exact) mass is 205 g/mol. The molecule has 1 aromatic carbocycles. The third kappa shape index (κ3) is 3.19. The van der Waals surface area contributed by atoms with Gasteiger partial charge < -0.3 is 14.8 Å². The van der Waals surface area contributed by atoms with Gasteiger partial charge in [-0.25, -0.2) is 0 Å². The maximum absolute atomic E-state index is 5.23. The fourth-order valence-corrected chi connectivity index (χ4v) is 1.29. The molecule has 0 bridgehead atoms. The summed E-state index contributed by atoms with van der Waals surface area (Å²) in [6, 6.07) is 5.68. The first-order valence-electron chi connectivity index (χ1n) is 4.67. The molecule has 0 aliphatic rings. The van der Waals surface area contributed by atoms with E-state index >= 15 is 0 Å². The summed E-state index contributed by atoms with van der Waals surface area (Å²) in [7, 11) is 3.28. The fourth-order valence-electron chi connectivity index (χ4n) is 1.29. The predicted molar refractivity (Wildman–Crippen MR) is 60.1 cm³/mol. The normalized spacial score (nSPS) is 9.40. The van der Waals surface area contributed by atoms with E-state index in [4.69, 9.17) is 15.9 Å². The molecule has 3 heteroatoms. The van der Waals surface area contributed by atoms with Crippen molar-refractivity contribution in [3.05, 3.63) is 23.8 Å². The first kappa shape index (κ1) is 11.4. The van der Waals surface area contributed by atoms with Gasteiger partial charge in [-0.3, -0.25) is 0 Å². The molecule has 1 rings (SSSR count). The molecule has 80 valence electrons. The predicted octanol–water partition coefficient (Wildman–Crippen LogP) is 1.43. The van der Waals surface area contributed by atoms with Gasteiger partial charge in [0.05, 0.1) is 20.8 Å². The Morgan fingerprint density at radius 3 is 2.73 bits per heavy atom. The van der Waals surface area contributed by atoms with Gasteiger partial charge in [0.25, 0.3) is 0 Å². The molecule has 0 unspecified atom stereocenters. The van der Waals surface area contributed by atoms with Crippen molar-refractivity contribution in [3.8, 4) is 23.8 Å². The minimum absolute atomic E-state index is 0.542. The van der Waals surface area contributed by atoms with Gasteiger partial charge in [0.1, 0.15) is 11.5 Å². The van der Waals surface area contributed by atoms with Crippen molar-refractivity contribution in [1.82, 2.24) is 5.32 Å². The lowest BCUT2D eigenvalue weighted by atomic mass is 10.2. The number of benzene rings is 1. The fraction of sp³-hybridized carbons (Fsp3) is 0.333. The highest BCUT2D eigenvalue weighted by Crippen LogP contribution is 2.23. The number of terminal acetylenes is 1. The second-order valence-corrected chi connectivity index (χ2v) is 2.99. The molecule has 0 aliphatic heterocycles. The first-order chi connectivity index (χ1) is 7.31. The van der Waals surface area contributed by atoms with E-state index in [1.54, 1.807) is 14.2 Å². The molecule has 3 nitrogen and oxygen atoms in total. The van der Waals surface area contributed by atoms with Crippen LogP contribution in [0.25, 0.3) is 0 Å². The Kier molecular flexibility index (Phi) is 4.52. The topological polar surface area (TPSA) is 30.5 Å². The van der Waals surface area contributed by atoms with Crippen molar-refractivity contribution < 1.29 is 9.47 Å². The van der Waals surface area contributed by atoms with Gasteiger partial charge in [0.2, 0.25) is 0 Å². The van der Waals surface area contributed by atoms with Crippen LogP contribution in [-0.4, -0.2) is 20.8 Å². The third-order valence-electron chi connectivity index (χ3n) is 2.03. The van der Waals surface area contributed by atoms with Crippen molar-refractivity contribution in [2.45, 2.75) is 6.54 Å². The quantitative estimate of drug-likeness (QED) is 0.582. The molecule has 0 aromatic heterocycles. The van der Waals surface area contributed by atoms with Gasteiger partial charge in [0, 0.05) is 12.1 Å². The van der Waals surface area contributed by atoms with Crippen LogP contribution in [0.2, 0.25) is 0 Å². The summed E-state index contributed by atoms with van der Waals surface area (Å²) in [5.74, 6) is 4.17. The molecule has 0 saturated carbocycles. The summed E-state index contributed by atoms with van der Waals surface area (Å²) in [6.07, 6.45) is 5.15. The highest BCUT2D eigenvalue weighted by Gasteiger charge is 2.03. The standard InChI is InChI=1S/C12H15NO2/c1-4-7-13-9-10-8-11(14-2)5-6-12(10)15-3/h1,5-6,8,13H,7,9H2,2-3H3. The highest BCUT2D eigenvalue weighted by atomic mass is 16.5. The zero-order valence-electron chi connectivity index (χ0n) is 9.04. The average Bonchev–Trinajstić information content (AvgIpc) is 2.29. The molecule has 0 atom stereocenters. The molecule has 0 aliphatic carbocycles. The van der Waals surface area contributed by atoms with Crippen molar-refractivity contribution in [1.29, 1.82) is 0 Å². The zero-order chi connectivity index (χ0) is 11.1. The molecule has 1 N–H and O–H groups in total. The number of rotatable bonds is 5. The Hall–Kier alpha value is -1.66. The second-order valence-electron chi connectivity index (χ2n) is 2.99. The molecule has 0 spiro atoms. The zero-order valence-corrected chi connectivity index (χ0v) is 9.04. The van der Waals surface area contributed by atoms with Gasteiger partial charge in [-0.1, -0.05) is 5.92 Å². The van der Waals surface area contributed by atoms with Gasteiger partial charge in [0.15, 0.2) is 0 Å².